The van der Waals surface area contributed by atoms with Crippen LogP contribution in [0, 0.1) is 0 Å². The zero-order chi connectivity index (χ0) is 10.7. The molecule has 2 aromatic rings. The molecule has 0 saturated carbocycles. The molecule has 15 heavy (non-hydrogen) atoms. The fourth-order valence-corrected chi connectivity index (χ4v) is 1.52. The van der Waals surface area contributed by atoms with Crippen LogP contribution in [0.5, 0.6) is 0 Å². The number of nitrogens with two attached hydrogens (primary N) is 1. The summed E-state index contributed by atoms with van der Waals surface area (Å²) in [5.41, 5.74) is 7.75. The minimum atomic E-state index is -0.266. The molecule has 3 N–H and O–H groups in total. The van der Waals surface area contributed by atoms with Gasteiger partial charge in [0.2, 0.25) is 0 Å². The normalized spacial score (nSPS) is 12.9. The summed E-state index contributed by atoms with van der Waals surface area (Å²) in [6.07, 6.45) is 4.42. The van der Waals surface area contributed by atoms with E-state index >= 15 is 0 Å². The lowest BCUT2D eigenvalue weighted by Gasteiger charge is -2.10. The van der Waals surface area contributed by atoms with E-state index in [1.165, 1.54) is 0 Å². The smallest absolute Gasteiger partial charge is 0.105 e. The number of hydrogen-bond donors (Lipinski definition) is 2. The van der Waals surface area contributed by atoms with Gasteiger partial charge in [-0.05, 0) is 12.5 Å². The highest BCUT2D eigenvalue weighted by molar-refractivity contribution is 5.17. The maximum atomic E-state index is 6.05. The van der Waals surface area contributed by atoms with E-state index in [1.807, 2.05) is 10.7 Å². The van der Waals surface area contributed by atoms with E-state index in [0.29, 0.717) is 0 Å². The molecule has 6 heteroatoms. The van der Waals surface area contributed by atoms with Crippen molar-refractivity contribution in [1.82, 2.24) is 25.2 Å². The standard InChI is InChI=1S/C9H14N6/c1-2-5-15-8(3-4-12-15)9(10)7-6-11-14-13-7/h3-4,6,9H,2,5,10H2,1H3,(H,11,13,14). The van der Waals surface area contributed by atoms with E-state index in [0.717, 1.165) is 24.4 Å². The quantitative estimate of drug-likeness (QED) is 0.761. The first-order chi connectivity index (χ1) is 7.33. The van der Waals surface area contributed by atoms with Crippen LogP contribution >= 0.6 is 0 Å². The van der Waals surface area contributed by atoms with Crippen molar-refractivity contribution in [2.45, 2.75) is 25.9 Å². The number of nitrogens with one attached hydrogen (secondary N) is 1. The number of hydrogen-bond acceptors (Lipinski definition) is 4. The Morgan fingerprint density at radius 1 is 1.60 bits per heavy atom. The van der Waals surface area contributed by atoms with Gasteiger partial charge in [0.05, 0.1) is 17.9 Å². The van der Waals surface area contributed by atoms with E-state index in [4.69, 9.17) is 5.73 Å². The number of H-pyrrole nitrogens is 1. The second-order valence-electron chi connectivity index (χ2n) is 3.35. The average Bonchev–Trinajstić information content (AvgIpc) is 2.87. The van der Waals surface area contributed by atoms with Gasteiger partial charge in [-0.15, -0.1) is 0 Å². The van der Waals surface area contributed by atoms with Crippen LogP contribution in [-0.4, -0.2) is 25.2 Å². The highest BCUT2D eigenvalue weighted by Crippen LogP contribution is 2.16. The molecule has 0 aliphatic carbocycles. The summed E-state index contributed by atoms with van der Waals surface area (Å²) < 4.78 is 1.90. The van der Waals surface area contributed by atoms with Crippen molar-refractivity contribution in [3.63, 3.8) is 0 Å². The highest BCUT2D eigenvalue weighted by atomic mass is 15.3. The minimum absolute atomic E-state index is 0.266. The third kappa shape index (κ3) is 1.89. The molecule has 0 saturated heterocycles. The van der Waals surface area contributed by atoms with Gasteiger partial charge in [-0.2, -0.15) is 20.5 Å². The minimum Gasteiger partial charge on any atom is -0.318 e. The molecule has 6 nitrogen and oxygen atoms in total. The molecule has 0 aromatic carbocycles. The number of nitrogens with zero attached hydrogens (tertiary/aromatic N) is 4. The van der Waals surface area contributed by atoms with E-state index in [9.17, 15) is 0 Å². The van der Waals surface area contributed by atoms with Crippen LogP contribution in [0.1, 0.15) is 30.8 Å². The van der Waals surface area contributed by atoms with Gasteiger partial charge in [0, 0.05) is 12.7 Å². The molecule has 0 radical (unpaired) electrons. The summed E-state index contributed by atoms with van der Waals surface area (Å²) >= 11 is 0. The van der Waals surface area contributed by atoms with Crippen LogP contribution in [-0.2, 0) is 6.54 Å². The van der Waals surface area contributed by atoms with Crippen LogP contribution in [0.2, 0.25) is 0 Å². The maximum absolute atomic E-state index is 6.05. The number of aromatic amines is 1. The molecule has 2 aromatic heterocycles. The summed E-state index contributed by atoms with van der Waals surface area (Å²) in [5.74, 6) is 0. The Morgan fingerprint density at radius 3 is 3.13 bits per heavy atom. The summed E-state index contributed by atoms with van der Waals surface area (Å²) in [5, 5.41) is 14.5. The van der Waals surface area contributed by atoms with Gasteiger partial charge in [0.15, 0.2) is 0 Å². The molecule has 0 aliphatic rings. The van der Waals surface area contributed by atoms with Crippen molar-refractivity contribution < 1.29 is 0 Å². The summed E-state index contributed by atoms with van der Waals surface area (Å²) in [7, 11) is 0. The molecule has 0 amide bonds. The molecule has 1 atom stereocenters. The van der Waals surface area contributed by atoms with E-state index in [2.05, 4.69) is 27.4 Å². The first kappa shape index (κ1) is 9.85. The first-order valence-electron chi connectivity index (χ1n) is 4.96. The topological polar surface area (TPSA) is 85.4 Å². The van der Waals surface area contributed by atoms with Crippen molar-refractivity contribution in [3.05, 3.63) is 29.8 Å². The Bertz CT molecular complexity index is 404. The highest BCUT2D eigenvalue weighted by Gasteiger charge is 2.15. The van der Waals surface area contributed by atoms with Crippen molar-refractivity contribution in [2.24, 2.45) is 5.73 Å². The van der Waals surface area contributed by atoms with Crippen molar-refractivity contribution in [2.75, 3.05) is 0 Å². The van der Waals surface area contributed by atoms with Gasteiger partial charge in [0.1, 0.15) is 5.69 Å². The third-order valence-electron chi connectivity index (χ3n) is 2.26. The van der Waals surface area contributed by atoms with Crippen molar-refractivity contribution in [3.8, 4) is 0 Å². The second kappa shape index (κ2) is 4.22. The Balaban J connectivity index is 2.25. The molecule has 0 fully saturated rings. The van der Waals surface area contributed by atoms with Crippen LogP contribution in [0.15, 0.2) is 18.5 Å². The van der Waals surface area contributed by atoms with Crippen molar-refractivity contribution >= 4 is 0 Å². The van der Waals surface area contributed by atoms with Gasteiger partial charge >= 0.3 is 0 Å². The zero-order valence-electron chi connectivity index (χ0n) is 8.59. The Morgan fingerprint density at radius 2 is 2.47 bits per heavy atom. The fourth-order valence-electron chi connectivity index (χ4n) is 1.52. The number of aromatic nitrogens is 5. The van der Waals surface area contributed by atoms with Crippen LogP contribution in [0.4, 0.5) is 0 Å². The van der Waals surface area contributed by atoms with E-state index in [1.54, 1.807) is 12.4 Å². The lowest BCUT2D eigenvalue weighted by atomic mass is 10.1. The van der Waals surface area contributed by atoms with Gasteiger partial charge in [-0.1, -0.05) is 6.92 Å². The van der Waals surface area contributed by atoms with Crippen molar-refractivity contribution in [1.29, 1.82) is 0 Å². The first-order valence-corrected chi connectivity index (χ1v) is 4.96. The van der Waals surface area contributed by atoms with Gasteiger partial charge < -0.3 is 5.73 Å². The summed E-state index contributed by atoms with van der Waals surface area (Å²) in [6.45, 7) is 2.97. The Labute approximate surface area is 87.5 Å². The van der Waals surface area contributed by atoms with Crippen LogP contribution in [0.3, 0.4) is 0 Å². The Hall–Kier alpha value is -1.69. The van der Waals surface area contributed by atoms with Gasteiger partial charge in [-0.25, -0.2) is 0 Å². The molecular formula is C9H14N6. The maximum Gasteiger partial charge on any atom is 0.105 e. The SMILES string of the molecule is CCCn1nccc1C(N)c1cn[nH]n1. The largest absolute Gasteiger partial charge is 0.318 e. The van der Waals surface area contributed by atoms with Crippen LogP contribution in [0.25, 0.3) is 0 Å². The number of rotatable bonds is 4. The van der Waals surface area contributed by atoms with Gasteiger partial charge in [0.25, 0.3) is 0 Å². The molecule has 2 rings (SSSR count). The van der Waals surface area contributed by atoms with E-state index in [-0.39, 0.29) is 6.04 Å². The molecule has 2 heterocycles. The zero-order valence-corrected chi connectivity index (χ0v) is 8.59. The third-order valence-corrected chi connectivity index (χ3v) is 2.26. The van der Waals surface area contributed by atoms with Gasteiger partial charge in [-0.3, -0.25) is 4.68 Å². The Kier molecular flexibility index (Phi) is 2.77. The molecule has 80 valence electrons. The average molecular weight is 206 g/mol. The predicted octanol–water partition coefficient (Wildman–Crippen LogP) is 0.459. The molecular weight excluding hydrogens is 192 g/mol. The lowest BCUT2D eigenvalue weighted by Crippen LogP contribution is -2.18. The molecule has 0 aliphatic heterocycles. The summed E-state index contributed by atoms with van der Waals surface area (Å²) in [4.78, 5) is 0. The summed E-state index contributed by atoms with van der Waals surface area (Å²) in [6, 6.07) is 1.65. The van der Waals surface area contributed by atoms with E-state index < -0.39 is 0 Å². The fraction of sp³-hybridized carbons (Fsp3) is 0.444. The second-order valence-corrected chi connectivity index (χ2v) is 3.35. The van der Waals surface area contributed by atoms with Crippen LogP contribution < -0.4 is 5.73 Å². The molecule has 0 spiro atoms. The lowest BCUT2D eigenvalue weighted by molar-refractivity contribution is 0.556. The number of aryl methyl sites for hydroxylation is 1. The monoisotopic (exact) mass is 206 g/mol. The molecule has 0 bridgehead atoms. The molecule has 1 unspecified atom stereocenters. The predicted molar refractivity (Wildman–Crippen MR) is 54.9 cm³/mol.